The van der Waals surface area contributed by atoms with Crippen molar-refractivity contribution in [1.82, 2.24) is 0 Å². The number of nitrogens with one attached hydrogen (secondary N) is 1. The number of benzene rings is 3. The SMILES string of the molecule is COc1cc(/C=C2\SC(=S)N(c3ccccc3)C2=O)ccc1OCC(=O)Nc1cccc([N+](=O)[O-])c1. The van der Waals surface area contributed by atoms with Crippen LogP contribution in [0.15, 0.2) is 77.7 Å². The molecule has 0 atom stereocenters. The largest absolute Gasteiger partial charge is 0.493 e. The molecule has 1 aliphatic rings. The smallest absolute Gasteiger partial charge is 0.271 e. The van der Waals surface area contributed by atoms with Crippen molar-refractivity contribution in [3.05, 3.63) is 93.4 Å². The van der Waals surface area contributed by atoms with Gasteiger partial charge in [-0.25, -0.2) is 0 Å². The third kappa shape index (κ3) is 5.70. The van der Waals surface area contributed by atoms with Crippen molar-refractivity contribution in [2.45, 2.75) is 0 Å². The quantitative estimate of drug-likeness (QED) is 0.190. The van der Waals surface area contributed by atoms with E-state index >= 15 is 0 Å². The van der Waals surface area contributed by atoms with E-state index in [0.717, 1.165) is 0 Å². The third-order valence-corrected chi connectivity index (χ3v) is 6.30. The van der Waals surface area contributed by atoms with E-state index in [1.54, 1.807) is 30.3 Å². The predicted octanol–water partition coefficient (Wildman–Crippen LogP) is 5.03. The molecule has 0 bridgehead atoms. The van der Waals surface area contributed by atoms with Crippen LogP contribution >= 0.6 is 24.0 Å². The number of hydrogen-bond donors (Lipinski definition) is 1. The van der Waals surface area contributed by atoms with Crippen LogP contribution in [0.4, 0.5) is 17.1 Å². The number of non-ortho nitro benzene ring substituents is 1. The highest BCUT2D eigenvalue weighted by Crippen LogP contribution is 2.37. The van der Waals surface area contributed by atoms with Crippen LogP contribution in [0.1, 0.15) is 5.56 Å². The molecule has 1 fully saturated rings. The summed E-state index contributed by atoms with van der Waals surface area (Å²) in [5.41, 5.74) is 1.54. The first kappa shape index (κ1) is 24.9. The Morgan fingerprint density at radius 3 is 2.61 bits per heavy atom. The van der Waals surface area contributed by atoms with Crippen LogP contribution in [-0.2, 0) is 9.59 Å². The monoisotopic (exact) mass is 521 g/mol. The van der Waals surface area contributed by atoms with E-state index in [2.05, 4.69) is 5.32 Å². The topological polar surface area (TPSA) is 111 Å². The van der Waals surface area contributed by atoms with Crippen molar-refractivity contribution in [2.75, 3.05) is 23.9 Å². The van der Waals surface area contributed by atoms with Crippen LogP contribution in [0.25, 0.3) is 6.08 Å². The number of nitro groups is 1. The molecule has 4 rings (SSSR count). The van der Waals surface area contributed by atoms with Crippen molar-refractivity contribution in [2.24, 2.45) is 0 Å². The molecule has 0 spiro atoms. The summed E-state index contributed by atoms with van der Waals surface area (Å²) < 4.78 is 11.4. The molecule has 11 heteroatoms. The van der Waals surface area contributed by atoms with Gasteiger partial charge >= 0.3 is 0 Å². The van der Waals surface area contributed by atoms with Gasteiger partial charge in [0.05, 0.1) is 22.6 Å². The number of carbonyl (C=O) groups excluding carboxylic acids is 2. The van der Waals surface area contributed by atoms with Gasteiger partial charge in [0, 0.05) is 17.8 Å². The highest BCUT2D eigenvalue weighted by Gasteiger charge is 2.33. The average molecular weight is 522 g/mol. The van der Waals surface area contributed by atoms with Crippen LogP contribution in [-0.4, -0.2) is 34.8 Å². The average Bonchev–Trinajstić information content (AvgIpc) is 3.16. The van der Waals surface area contributed by atoms with Crippen molar-refractivity contribution < 1.29 is 24.0 Å². The van der Waals surface area contributed by atoms with Gasteiger partial charge in [-0.15, -0.1) is 0 Å². The van der Waals surface area contributed by atoms with E-state index in [4.69, 9.17) is 21.7 Å². The van der Waals surface area contributed by atoms with Crippen molar-refractivity contribution in [1.29, 1.82) is 0 Å². The van der Waals surface area contributed by atoms with Gasteiger partial charge in [-0.1, -0.05) is 54.3 Å². The fourth-order valence-electron chi connectivity index (χ4n) is 3.35. The lowest BCUT2D eigenvalue weighted by Gasteiger charge is -2.14. The summed E-state index contributed by atoms with van der Waals surface area (Å²) in [6.07, 6.45) is 1.71. The van der Waals surface area contributed by atoms with Gasteiger partial charge in [0.25, 0.3) is 17.5 Å². The summed E-state index contributed by atoms with van der Waals surface area (Å²) in [4.78, 5) is 37.5. The predicted molar refractivity (Wildman–Crippen MR) is 142 cm³/mol. The van der Waals surface area contributed by atoms with E-state index in [1.165, 1.54) is 42.0 Å². The second kappa shape index (κ2) is 11.0. The number of hydrogen-bond acceptors (Lipinski definition) is 8. The maximum Gasteiger partial charge on any atom is 0.271 e. The van der Waals surface area contributed by atoms with Gasteiger partial charge < -0.3 is 14.8 Å². The first-order valence-electron chi connectivity index (χ1n) is 10.5. The number of nitrogens with zero attached hydrogens (tertiary/aromatic N) is 2. The molecule has 9 nitrogen and oxygen atoms in total. The van der Waals surface area contributed by atoms with E-state index < -0.39 is 10.8 Å². The fourth-order valence-corrected chi connectivity index (χ4v) is 4.65. The second-order valence-electron chi connectivity index (χ2n) is 7.41. The molecule has 1 saturated heterocycles. The molecule has 0 radical (unpaired) electrons. The minimum atomic E-state index is -0.543. The van der Waals surface area contributed by atoms with E-state index in [0.29, 0.717) is 32.0 Å². The number of nitro benzene ring substituents is 1. The molecule has 3 aromatic carbocycles. The van der Waals surface area contributed by atoms with Crippen LogP contribution in [0.3, 0.4) is 0 Å². The zero-order valence-electron chi connectivity index (χ0n) is 18.9. The fraction of sp³-hybridized carbons (Fsp3) is 0.0800. The Morgan fingerprint density at radius 1 is 1.11 bits per heavy atom. The van der Waals surface area contributed by atoms with E-state index in [9.17, 15) is 19.7 Å². The highest BCUT2D eigenvalue weighted by molar-refractivity contribution is 8.27. The minimum absolute atomic E-state index is 0.133. The number of thiocarbonyl (C=S) groups is 1. The summed E-state index contributed by atoms with van der Waals surface area (Å²) in [6, 6.07) is 19.8. The molecular formula is C25H19N3O6S2. The molecule has 0 saturated carbocycles. The number of thioether (sulfide) groups is 1. The lowest BCUT2D eigenvalue weighted by molar-refractivity contribution is -0.384. The zero-order valence-corrected chi connectivity index (χ0v) is 20.5. The molecule has 182 valence electrons. The minimum Gasteiger partial charge on any atom is -0.493 e. The number of rotatable bonds is 8. The maximum atomic E-state index is 12.9. The van der Waals surface area contributed by atoms with Crippen molar-refractivity contribution in [3.63, 3.8) is 0 Å². The normalized spacial score (nSPS) is 14.1. The van der Waals surface area contributed by atoms with Crippen molar-refractivity contribution >= 4 is 63.3 Å². The highest BCUT2D eigenvalue weighted by atomic mass is 32.2. The van der Waals surface area contributed by atoms with Crippen LogP contribution in [0.5, 0.6) is 11.5 Å². The van der Waals surface area contributed by atoms with E-state index in [-0.39, 0.29) is 23.9 Å². The standard InChI is InChI=1S/C25H19N3O6S2/c1-33-21-12-16(13-22-24(30)27(25(35)36-22)18-7-3-2-4-8-18)10-11-20(21)34-15-23(29)26-17-6-5-9-19(14-17)28(31)32/h2-14H,15H2,1H3,(H,26,29)/b22-13-. The molecular weight excluding hydrogens is 502 g/mol. The number of ether oxygens (including phenoxy) is 2. The van der Waals surface area contributed by atoms with Gasteiger partial charge in [0.1, 0.15) is 0 Å². The Balaban J connectivity index is 1.43. The van der Waals surface area contributed by atoms with Crippen LogP contribution < -0.4 is 19.7 Å². The summed E-state index contributed by atoms with van der Waals surface area (Å²) in [5, 5.41) is 13.4. The Labute approximate surface area is 215 Å². The number of methoxy groups -OCH3 is 1. The van der Waals surface area contributed by atoms with Gasteiger partial charge in [-0.2, -0.15) is 0 Å². The van der Waals surface area contributed by atoms with Crippen LogP contribution in [0, 0.1) is 10.1 Å². The van der Waals surface area contributed by atoms with Gasteiger partial charge in [0.15, 0.2) is 22.4 Å². The lowest BCUT2D eigenvalue weighted by Crippen LogP contribution is -2.27. The van der Waals surface area contributed by atoms with Gasteiger partial charge in [-0.3, -0.25) is 24.6 Å². The molecule has 2 amide bonds. The first-order chi connectivity index (χ1) is 17.4. The number of anilines is 2. The van der Waals surface area contributed by atoms with Gasteiger partial charge in [0.2, 0.25) is 0 Å². The molecule has 0 aliphatic carbocycles. The summed E-state index contributed by atoms with van der Waals surface area (Å²) in [6.45, 7) is -0.339. The number of carbonyl (C=O) groups is 2. The van der Waals surface area contributed by atoms with E-state index in [1.807, 2.05) is 30.3 Å². The summed E-state index contributed by atoms with van der Waals surface area (Å²) >= 11 is 6.61. The summed E-state index contributed by atoms with van der Waals surface area (Å²) in [5.74, 6) is -0.0226. The molecule has 0 aromatic heterocycles. The first-order valence-corrected chi connectivity index (χ1v) is 11.8. The van der Waals surface area contributed by atoms with Crippen molar-refractivity contribution in [3.8, 4) is 11.5 Å². The Kier molecular flexibility index (Phi) is 7.62. The second-order valence-corrected chi connectivity index (χ2v) is 9.08. The Morgan fingerprint density at radius 2 is 1.89 bits per heavy atom. The third-order valence-electron chi connectivity index (χ3n) is 4.99. The van der Waals surface area contributed by atoms with Gasteiger partial charge in [-0.05, 0) is 42.0 Å². The van der Waals surface area contributed by atoms with Crippen LogP contribution in [0.2, 0.25) is 0 Å². The number of amides is 2. The molecule has 36 heavy (non-hydrogen) atoms. The Hall–Kier alpha value is -4.22. The summed E-state index contributed by atoms with van der Waals surface area (Å²) in [7, 11) is 1.46. The Bertz CT molecular complexity index is 1380. The molecule has 0 unspecified atom stereocenters. The number of para-hydroxylation sites is 1. The zero-order chi connectivity index (χ0) is 25.7. The molecule has 3 aromatic rings. The molecule has 1 N–H and O–H groups in total. The molecule has 1 heterocycles. The lowest BCUT2D eigenvalue weighted by atomic mass is 10.2. The maximum absolute atomic E-state index is 12.9. The molecule has 1 aliphatic heterocycles.